The molecular formula is C86H165N2O11P. The van der Waals surface area contributed by atoms with Gasteiger partial charge in [0.15, 0.2) is 0 Å². The molecule has 0 spiro atoms. The third kappa shape index (κ3) is 70.8. The summed E-state index contributed by atoms with van der Waals surface area (Å²) in [4.78, 5) is 52.1. The molecule has 0 rings (SSSR count). The van der Waals surface area contributed by atoms with Crippen molar-refractivity contribution < 1.29 is 51.9 Å². The van der Waals surface area contributed by atoms with Gasteiger partial charge in [0.1, 0.15) is 12.2 Å². The first-order valence-corrected chi connectivity index (χ1v) is 44.5. The van der Waals surface area contributed by atoms with Crippen LogP contribution in [0.2, 0.25) is 0 Å². The normalized spacial score (nSPS) is 13.4. The van der Waals surface area contributed by atoms with E-state index in [1.807, 2.05) is 25.2 Å². The maximum Gasteiger partial charge on any atom is 0.475 e. The second-order valence-electron chi connectivity index (χ2n) is 29.0. The highest BCUT2D eigenvalue weighted by atomic mass is 31.2. The summed E-state index contributed by atoms with van der Waals surface area (Å²) in [7, 11) is -3.95. The number of phosphoric ester groups is 1. The van der Waals surface area contributed by atoms with Crippen LogP contribution in [0.4, 0.5) is 0 Å². The van der Waals surface area contributed by atoms with Gasteiger partial charge in [-0.1, -0.05) is 375 Å². The van der Waals surface area contributed by atoms with Crippen LogP contribution in [0.15, 0.2) is 37.0 Å². The van der Waals surface area contributed by atoms with E-state index in [1.54, 1.807) is 0 Å². The third-order valence-corrected chi connectivity index (χ3v) is 20.4. The van der Waals surface area contributed by atoms with Gasteiger partial charge in [0.2, 0.25) is 11.8 Å². The molecule has 0 saturated carbocycles. The minimum Gasteiger partial charge on any atom is -0.456 e. The maximum atomic E-state index is 13.5. The topological polar surface area (TPSA) is 176 Å². The number of unbranched alkanes of at least 4 members (excludes halogenated alkanes) is 50. The maximum absolute atomic E-state index is 13.5. The zero-order valence-electron chi connectivity index (χ0n) is 66.8. The summed E-state index contributed by atoms with van der Waals surface area (Å²) >= 11 is 0. The number of rotatable bonds is 78. The molecule has 0 aromatic carbocycles. The predicted molar refractivity (Wildman–Crippen MR) is 426 cm³/mol. The minimum atomic E-state index is -3.95. The van der Waals surface area contributed by atoms with E-state index in [0.717, 1.165) is 103 Å². The van der Waals surface area contributed by atoms with Gasteiger partial charge in [0.25, 0.3) is 0 Å². The van der Waals surface area contributed by atoms with Crippen LogP contribution < -0.4 is 10.6 Å². The Kier molecular flexibility index (Phi) is 79.6. The second kappa shape index (κ2) is 80.3. The quantitative estimate of drug-likeness (QED) is 0.0229. The molecule has 0 saturated heterocycles. The van der Waals surface area contributed by atoms with Gasteiger partial charge in [-0.3, -0.25) is 32.7 Å². The Labute approximate surface area is 618 Å². The van der Waals surface area contributed by atoms with Crippen LogP contribution >= 0.6 is 7.82 Å². The molecular weight excluding hydrogens is 1270 g/mol. The van der Waals surface area contributed by atoms with Crippen LogP contribution in [0.5, 0.6) is 0 Å². The SMILES string of the molecule is C=CCOP(=O)(OCCC)OC[C@H](NC(=O)CCCCCCCCCCCCC)[C@@H](/C=C/CCCCCCCCC)OC(=O)CCCCCCCCCCC.CCCCCCCCC/C=C/[C@@H](OC(=O)CCCCCCCCCCC)[C@H](CO)NC(=O)CCCCCCCCCCCCC. The molecule has 0 aromatic rings. The van der Waals surface area contributed by atoms with Crippen LogP contribution in [-0.4, -0.2) is 79.6 Å². The van der Waals surface area contributed by atoms with Crippen molar-refractivity contribution in [3.05, 3.63) is 37.0 Å². The predicted octanol–water partition coefficient (Wildman–Crippen LogP) is 26.2. The van der Waals surface area contributed by atoms with Crippen molar-refractivity contribution in [3.8, 4) is 0 Å². The van der Waals surface area contributed by atoms with Crippen LogP contribution in [0.1, 0.15) is 440 Å². The molecule has 0 fully saturated rings. The Morgan fingerprint density at radius 1 is 0.350 bits per heavy atom. The van der Waals surface area contributed by atoms with Crippen molar-refractivity contribution in [2.45, 2.75) is 464 Å². The van der Waals surface area contributed by atoms with Gasteiger partial charge in [-0.05, 0) is 69.9 Å². The van der Waals surface area contributed by atoms with E-state index in [-0.39, 0.29) is 50.2 Å². The first-order chi connectivity index (χ1) is 48.9. The number of amides is 2. The van der Waals surface area contributed by atoms with E-state index in [9.17, 15) is 28.8 Å². The largest absolute Gasteiger partial charge is 0.475 e. The van der Waals surface area contributed by atoms with E-state index in [2.05, 4.69) is 64.8 Å². The third-order valence-electron chi connectivity index (χ3n) is 19.0. The molecule has 1 unspecified atom stereocenters. The Balaban J connectivity index is 0. The minimum absolute atomic E-state index is 0.00756. The molecule has 0 aliphatic carbocycles. The zero-order chi connectivity index (χ0) is 73.6. The van der Waals surface area contributed by atoms with Crippen molar-refractivity contribution in [1.29, 1.82) is 0 Å². The van der Waals surface area contributed by atoms with Crippen molar-refractivity contribution in [2.75, 3.05) is 26.4 Å². The van der Waals surface area contributed by atoms with Crippen molar-refractivity contribution in [3.63, 3.8) is 0 Å². The summed E-state index contributed by atoms with van der Waals surface area (Å²) in [5.41, 5.74) is 0. The molecule has 0 aliphatic rings. The number of carbonyl (C=O) groups excluding carboxylic acids is 4. The summed E-state index contributed by atoms with van der Waals surface area (Å²) in [5.74, 6) is -0.736. The second-order valence-corrected chi connectivity index (χ2v) is 30.7. The van der Waals surface area contributed by atoms with Crippen LogP contribution in [-0.2, 0) is 46.8 Å². The molecule has 3 N–H and O–H groups in total. The van der Waals surface area contributed by atoms with E-state index < -0.39 is 32.1 Å². The first kappa shape index (κ1) is 99.2. The van der Waals surface area contributed by atoms with Gasteiger partial charge < -0.3 is 25.2 Å². The molecule has 0 aliphatic heterocycles. The van der Waals surface area contributed by atoms with E-state index in [4.69, 9.17) is 23.0 Å². The van der Waals surface area contributed by atoms with E-state index in [0.29, 0.717) is 32.1 Å². The molecule has 0 aromatic heterocycles. The van der Waals surface area contributed by atoms with Crippen LogP contribution in [0, 0.1) is 0 Å². The van der Waals surface area contributed by atoms with Gasteiger partial charge >= 0.3 is 19.8 Å². The average molecular weight is 1430 g/mol. The molecule has 13 nitrogen and oxygen atoms in total. The Bertz CT molecular complexity index is 1880. The lowest BCUT2D eigenvalue weighted by molar-refractivity contribution is -0.150. The highest BCUT2D eigenvalue weighted by Crippen LogP contribution is 2.49. The standard InChI is InChI=1S/C46H88NO7P.C40H77NO4/c1-6-11-14-17-20-23-24-27-29-32-35-38-45(48)47-43(42-53-55(50,51-40-9-4)52-41-10-5)44(37-34-31-28-25-21-18-15-12-7-2)54-46(49)39-36-33-30-26-22-19-16-13-8-3;1-4-7-10-13-16-19-20-23-25-28-31-34-39(43)41-37(36-42)38(33-30-27-24-21-17-14-11-8-5-2)45-40(44)35-32-29-26-22-18-15-12-9-6-3/h9,34,37,43-44H,4,6-8,10-33,35-36,38-42H2,1-3,5H3,(H,47,48);30,33,37-38,42H,4-29,31-32,34-36H2,1-3H3,(H,41,43)/b37-34+;33-30+/t43-,44+,55?;37-,38+/m00/s1. The molecule has 2 amide bonds. The van der Waals surface area contributed by atoms with E-state index in [1.165, 1.54) is 263 Å². The fourth-order valence-corrected chi connectivity index (χ4v) is 13.8. The number of ether oxygens (including phenoxy) is 2. The van der Waals surface area contributed by atoms with Crippen LogP contribution in [0.3, 0.4) is 0 Å². The number of allylic oxidation sites excluding steroid dienone is 2. The number of hydrogen-bond acceptors (Lipinski definition) is 11. The lowest BCUT2D eigenvalue weighted by atomic mass is 10.0. The highest BCUT2D eigenvalue weighted by molar-refractivity contribution is 7.48. The van der Waals surface area contributed by atoms with Crippen molar-refractivity contribution in [1.82, 2.24) is 10.6 Å². The number of aliphatic hydroxyl groups excluding tert-OH is 1. The monoisotopic (exact) mass is 1430 g/mol. The number of hydrogen-bond donors (Lipinski definition) is 3. The van der Waals surface area contributed by atoms with Crippen molar-refractivity contribution >= 4 is 31.6 Å². The van der Waals surface area contributed by atoms with Crippen LogP contribution in [0.25, 0.3) is 0 Å². The zero-order valence-corrected chi connectivity index (χ0v) is 67.7. The van der Waals surface area contributed by atoms with Gasteiger partial charge in [-0.15, -0.1) is 6.58 Å². The molecule has 0 radical (unpaired) electrons. The summed E-state index contributed by atoms with van der Waals surface area (Å²) in [6.45, 7) is 18.8. The number of esters is 2. The summed E-state index contributed by atoms with van der Waals surface area (Å²) in [6, 6.07) is -1.37. The molecule has 0 bridgehead atoms. The smallest absolute Gasteiger partial charge is 0.456 e. The number of aliphatic hydroxyl groups is 1. The fourth-order valence-electron chi connectivity index (χ4n) is 12.5. The van der Waals surface area contributed by atoms with Gasteiger partial charge in [-0.25, -0.2) is 4.57 Å². The molecule has 14 heteroatoms. The highest BCUT2D eigenvalue weighted by Gasteiger charge is 2.32. The van der Waals surface area contributed by atoms with Crippen molar-refractivity contribution in [2.24, 2.45) is 0 Å². The lowest BCUT2D eigenvalue weighted by Gasteiger charge is -2.27. The molecule has 590 valence electrons. The molecule has 5 atom stereocenters. The summed E-state index contributed by atoms with van der Waals surface area (Å²) in [5, 5.41) is 16.2. The van der Waals surface area contributed by atoms with E-state index >= 15 is 0 Å². The number of nitrogens with one attached hydrogen (secondary N) is 2. The fraction of sp³-hybridized carbons (Fsp3) is 0.884. The Morgan fingerprint density at radius 3 is 0.910 bits per heavy atom. The van der Waals surface area contributed by atoms with Gasteiger partial charge in [-0.2, -0.15) is 0 Å². The summed E-state index contributed by atoms with van der Waals surface area (Å²) in [6.07, 6.45) is 77.4. The summed E-state index contributed by atoms with van der Waals surface area (Å²) < 4.78 is 42.3. The van der Waals surface area contributed by atoms with Gasteiger partial charge in [0.05, 0.1) is 38.5 Å². The lowest BCUT2D eigenvalue weighted by Crippen LogP contribution is -2.47. The average Bonchev–Trinajstić information content (AvgIpc) is 0.903. The van der Waals surface area contributed by atoms with Gasteiger partial charge in [0, 0.05) is 25.7 Å². The first-order valence-electron chi connectivity index (χ1n) is 43.0. The molecule has 0 heterocycles. The molecule has 100 heavy (non-hydrogen) atoms. The Hall–Kier alpha value is -2.83. The number of phosphoric acid groups is 1. The number of carbonyl (C=O) groups is 4. The Morgan fingerprint density at radius 2 is 0.620 bits per heavy atom.